The van der Waals surface area contributed by atoms with Crippen molar-refractivity contribution in [1.29, 1.82) is 0 Å². The molecule has 0 saturated carbocycles. The maximum atomic E-state index is 5.99. The van der Waals surface area contributed by atoms with Gasteiger partial charge in [0.2, 0.25) is 0 Å². The van der Waals surface area contributed by atoms with Gasteiger partial charge in [0.05, 0.1) is 10.7 Å². The summed E-state index contributed by atoms with van der Waals surface area (Å²) < 4.78 is 1.99. The molecule has 1 N–H and O–H groups in total. The second-order valence-corrected chi connectivity index (χ2v) is 6.29. The average molecular weight is 307 g/mol. The van der Waals surface area contributed by atoms with Crippen LogP contribution >= 0.6 is 11.6 Å². The molecule has 0 radical (unpaired) electrons. The molecule has 5 heteroatoms. The quantitative estimate of drug-likeness (QED) is 0.922. The van der Waals surface area contributed by atoms with E-state index >= 15 is 0 Å². The number of hydrogen-bond donors (Lipinski definition) is 1. The molecule has 3 heterocycles. The molecule has 0 aromatic carbocycles. The van der Waals surface area contributed by atoms with E-state index in [0.29, 0.717) is 0 Å². The first-order valence-electron chi connectivity index (χ1n) is 7.81. The maximum absolute atomic E-state index is 5.99. The number of aromatic nitrogens is 2. The number of nitrogens with one attached hydrogen (secondary N) is 1. The highest BCUT2D eigenvalue weighted by Crippen LogP contribution is 2.16. The van der Waals surface area contributed by atoms with E-state index in [2.05, 4.69) is 22.1 Å². The molecular formula is C16H23ClN4. The van der Waals surface area contributed by atoms with Crippen LogP contribution in [0.4, 0.5) is 0 Å². The Morgan fingerprint density at radius 1 is 1.29 bits per heavy atom. The minimum Gasteiger partial charge on any atom is -0.311 e. The molecule has 4 nitrogen and oxygen atoms in total. The van der Waals surface area contributed by atoms with Gasteiger partial charge in [0.1, 0.15) is 5.65 Å². The van der Waals surface area contributed by atoms with Gasteiger partial charge < -0.3 is 14.6 Å². The Balaban J connectivity index is 1.48. The fourth-order valence-electron chi connectivity index (χ4n) is 3.01. The second-order valence-electron chi connectivity index (χ2n) is 5.85. The fourth-order valence-corrected chi connectivity index (χ4v) is 3.18. The van der Waals surface area contributed by atoms with Crippen LogP contribution in [-0.2, 0) is 6.54 Å². The molecule has 0 unspecified atom stereocenters. The van der Waals surface area contributed by atoms with E-state index in [9.17, 15) is 0 Å². The fraction of sp³-hybridized carbons (Fsp3) is 0.562. The van der Waals surface area contributed by atoms with Crippen molar-refractivity contribution < 1.29 is 0 Å². The van der Waals surface area contributed by atoms with Crippen molar-refractivity contribution in [2.24, 2.45) is 5.92 Å². The summed E-state index contributed by atoms with van der Waals surface area (Å²) in [4.78, 5) is 7.13. The molecule has 1 fully saturated rings. The van der Waals surface area contributed by atoms with E-state index in [0.717, 1.165) is 35.4 Å². The van der Waals surface area contributed by atoms with Gasteiger partial charge in [-0.1, -0.05) is 18.5 Å². The largest absolute Gasteiger partial charge is 0.311 e. The number of rotatable bonds is 5. The SMILES string of the molecule is CCN1CCC(CNCc2cn3cc(Cl)ccc3n2)CC1. The topological polar surface area (TPSA) is 32.6 Å². The number of pyridine rings is 1. The Bertz CT molecular complexity index is 587. The molecule has 0 spiro atoms. The first kappa shape index (κ1) is 14.8. The van der Waals surface area contributed by atoms with Gasteiger partial charge in [0.25, 0.3) is 0 Å². The van der Waals surface area contributed by atoms with Gasteiger partial charge in [-0.2, -0.15) is 0 Å². The summed E-state index contributed by atoms with van der Waals surface area (Å²) in [7, 11) is 0. The summed E-state index contributed by atoms with van der Waals surface area (Å²) in [6, 6.07) is 3.83. The van der Waals surface area contributed by atoms with E-state index in [4.69, 9.17) is 11.6 Å². The lowest BCUT2D eigenvalue weighted by Crippen LogP contribution is -2.36. The number of imidazole rings is 1. The Hall–Kier alpha value is -1.10. The predicted octanol–water partition coefficient (Wildman–Crippen LogP) is 2.81. The third-order valence-electron chi connectivity index (χ3n) is 4.36. The second kappa shape index (κ2) is 6.77. The van der Waals surface area contributed by atoms with E-state index in [-0.39, 0.29) is 0 Å². The normalized spacial score (nSPS) is 17.6. The standard InChI is InChI=1S/C16H23ClN4/c1-2-20-7-5-13(6-8-20)9-18-10-15-12-21-11-14(17)3-4-16(21)19-15/h3-4,11-13,18H,2,5-10H2,1H3. The summed E-state index contributed by atoms with van der Waals surface area (Å²) in [5.41, 5.74) is 2.02. The van der Waals surface area contributed by atoms with Gasteiger partial charge in [-0.3, -0.25) is 0 Å². The zero-order valence-electron chi connectivity index (χ0n) is 12.6. The molecule has 0 bridgehead atoms. The molecule has 21 heavy (non-hydrogen) atoms. The lowest BCUT2D eigenvalue weighted by atomic mass is 9.97. The summed E-state index contributed by atoms with van der Waals surface area (Å²) in [6.07, 6.45) is 6.56. The van der Waals surface area contributed by atoms with Gasteiger partial charge in [0, 0.05) is 18.9 Å². The first-order valence-corrected chi connectivity index (χ1v) is 8.18. The average Bonchev–Trinajstić information content (AvgIpc) is 2.89. The minimum absolute atomic E-state index is 0.738. The number of likely N-dealkylation sites (tertiary alicyclic amines) is 1. The molecule has 114 valence electrons. The zero-order chi connectivity index (χ0) is 14.7. The van der Waals surface area contributed by atoms with E-state index < -0.39 is 0 Å². The molecule has 1 aliphatic heterocycles. The summed E-state index contributed by atoms with van der Waals surface area (Å²) >= 11 is 5.99. The van der Waals surface area contributed by atoms with Crippen LogP contribution in [0.1, 0.15) is 25.5 Å². The van der Waals surface area contributed by atoms with Crippen LogP contribution in [0.15, 0.2) is 24.5 Å². The van der Waals surface area contributed by atoms with Crippen molar-refractivity contribution in [3.05, 3.63) is 35.2 Å². The highest BCUT2D eigenvalue weighted by Gasteiger charge is 2.17. The van der Waals surface area contributed by atoms with Gasteiger partial charge in [-0.15, -0.1) is 0 Å². The number of fused-ring (bicyclic) bond motifs is 1. The number of hydrogen-bond acceptors (Lipinski definition) is 3. The van der Waals surface area contributed by atoms with Gasteiger partial charge in [-0.05, 0) is 57.1 Å². The first-order chi connectivity index (χ1) is 10.2. The molecule has 3 rings (SSSR count). The van der Waals surface area contributed by atoms with Crippen molar-refractivity contribution in [3.63, 3.8) is 0 Å². The van der Waals surface area contributed by atoms with E-state index in [1.54, 1.807) is 0 Å². The minimum atomic E-state index is 0.738. The molecule has 1 aliphatic rings. The van der Waals surface area contributed by atoms with E-state index in [1.165, 1.54) is 32.5 Å². The van der Waals surface area contributed by atoms with Crippen molar-refractivity contribution in [1.82, 2.24) is 19.6 Å². The van der Waals surface area contributed by atoms with Gasteiger partial charge >= 0.3 is 0 Å². The van der Waals surface area contributed by atoms with Crippen LogP contribution < -0.4 is 5.32 Å². The molecule has 0 atom stereocenters. The molecule has 0 amide bonds. The molecule has 2 aromatic heterocycles. The Kier molecular flexibility index (Phi) is 4.78. The summed E-state index contributed by atoms with van der Waals surface area (Å²) in [6.45, 7) is 7.84. The molecule has 1 saturated heterocycles. The lowest BCUT2D eigenvalue weighted by Gasteiger charge is -2.31. The third-order valence-corrected chi connectivity index (χ3v) is 4.58. The highest BCUT2D eigenvalue weighted by molar-refractivity contribution is 6.30. The van der Waals surface area contributed by atoms with Gasteiger partial charge in [-0.25, -0.2) is 4.98 Å². The van der Waals surface area contributed by atoms with Crippen molar-refractivity contribution in [2.45, 2.75) is 26.3 Å². The lowest BCUT2D eigenvalue weighted by molar-refractivity contribution is 0.190. The third kappa shape index (κ3) is 3.76. The van der Waals surface area contributed by atoms with Crippen molar-refractivity contribution in [3.8, 4) is 0 Å². The smallest absolute Gasteiger partial charge is 0.137 e. The Labute approximate surface area is 131 Å². The molecule has 2 aromatic rings. The van der Waals surface area contributed by atoms with Crippen molar-refractivity contribution in [2.75, 3.05) is 26.2 Å². The molecular weight excluding hydrogens is 284 g/mol. The van der Waals surface area contributed by atoms with Gasteiger partial charge in [0.15, 0.2) is 0 Å². The van der Waals surface area contributed by atoms with Crippen LogP contribution in [0.2, 0.25) is 5.02 Å². The van der Waals surface area contributed by atoms with Crippen molar-refractivity contribution >= 4 is 17.2 Å². The van der Waals surface area contributed by atoms with Crippen LogP contribution in [-0.4, -0.2) is 40.5 Å². The summed E-state index contributed by atoms with van der Waals surface area (Å²) in [5, 5.41) is 4.29. The molecule has 0 aliphatic carbocycles. The van der Waals surface area contributed by atoms with Crippen LogP contribution in [0, 0.1) is 5.92 Å². The number of piperidine rings is 1. The van der Waals surface area contributed by atoms with Crippen LogP contribution in [0.25, 0.3) is 5.65 Å². The number of halogens is 1. The van der Waals surface area contributed by atoms with Crippen LogP contribution in [0.5, 0.6) is 0 Å². The monoisotopic (exact) mass is 306 g/mol. The zero-order valence-corrected chi connectivity index (χ0v) is 13.3. The number of nitrogens with zero attached hydrogens (tertiary/aromatic N) is 3. The predicted molar refractivity (Wildman–Crippen MR) is 86.7 cm³/mol. The van der Waals surface area contributed by atoms with E-state index in [1.807, 2.05) is 28.9 Å². The maximum Gasteiger partial charge on any atom is 0.137 e. The Morgan fingerprint density at radius 2 is 2.10 bits per heavy atom. The Morgan fingerprint density at radius 3 is 2.86 bits per heavy atom. The van der Waals surface area contributed by atoms with Crippen LogP contribution in [0.3, 0.4) is 0 Å². The highest BCUT2D eigenvalue weighted by atomic mass is 35.5. The summed E-state index contributed by atoms with van der Waals surface area (Å²) in [5.74, 6) is 0.805.